The predicted octanol–water partition coefficient (Wildman–Crippen LogP) is 1.75. The summed E-state index contributed by atoms with van der Waals surface area (Å²) in [6.45, 7) is 0.467. The van der Waals surface area contributed by atoms with E-state index in [0.717, 1.165) is 11.5 Å². The fraction of sp³-hybridized carbons (Fsp3) is 0.143. The molecule has 3 rings (SSSR count). The van der Waals surface area contributed by atoms with E-state index in [-0.39, 0.29) is 5.91 Å². The van der Waals surface area contributed by atoms with Gasteiger partial charge in [-0.25, -0.2) is 4.98 Å². The molecule has 3 aromatic heterocycles. The summed E-state index contributed by atoms with van der Waals surface area (Å²) in [5.41, 5.74) is 1.28. The molecule has 0 bridgehead atoms. The summed E-state index contributed by atoms with van der Waals surface area (Å²) >= 11 is 5.76. The molecule has 6 nitrogen and oxygen atoms in total. The van der Waals surface area contributed by atoms with Crippen molar-refractivity contribution >= 4 is 23.2 Å². The summed E-state index contributed by atoms with van der Waals surface area (Å²) in [5, 5.41) is 11.3. The van der Waals surface area contributed by atoms with Gasteiger partial charge in [0, 0.05) is 30.9 Å². The van der Waals surface area contributed by atoms with Crippen LogP contribution in [0.15, 0.2) is 42.7 Å². The zero-order valence-electron chi connectivity index (χ0n) is 11.0. The quantitative estimate of drug-likeness (QED) is 0.745. The van der Waals surface area contributed by atoms with Crippen molar-refractivity contribution < 1.29 is 4.79 Å². The highest BCUT2D eigenvalue weighted by Gasteiger charge is 2.08. The number of hydrogen-bond donors (Lipinski definition) is 1. The highest BCUT2D eigenvalue weighted by atomic mass is 35.5. The maximum absolute atomic E-state index is 11.9. The molecule has 0 aromatic carbocycles. The molecule has 0 radical (unpaired) electrons. The summed E-state index contributed by atoms with van der Waals surface area (Å²) in [6, 6.07) is 8.85. The first-order valence-electron chi connectivity index (χ1n) is 6.42. The molecule has 0 aliphatic heterocycles. The Bertz CT molecular complexity index is 786. The fourth-order valence-electron chi connectivity index (χ4n) is 2.00. The van der Waals surface area contributed by atoms with E-state index < -0.39 is 0 Å². The summed E-state index contributed by atoms with van der Waals surface area (Å²) < 4.78 is 1.90. The Morgan fingerprint density at radius 2 is 2.19 bits per heavy atom. The van der Waals surface area contributed by atoms with Gasteiger partial charge in [-0.15, -0.1) is 10.2 Å². The second-order valence-corrected chi connectivity index (χ2v) is 4.81. The smallest absolute Gasteiger partial charge is 0.251 e. The number of aromatic nitrogens is 4. The van der Waals surface area contributed by atoms with Gasteiger partial charge in [-0.05, 0) is 24.3 Å². The number of carbonyl (C=O) groups is 1. The zero-order valence-corrected chi connectivity index (χ0v) is 11.8. The highest BCUT2D eigenvalue weighted by Crippen LogP contribution is 2.07. The van der Waals surface area contributed by atoms with Crippen LogP contribution in [0.5, 0.6) is 0 Å². The number of rotatable bonds is 4. The topological polar surface area (TPSA) is 72.2 Å². The van der Waals surface area contributed by atoms with Gasteiger partial charge in [-0.3, -0.25) is 9.20 Å². The number of amides is 1. The lowest BCUT2D eigenvalue weighted by atomic mass is 10.2. The molecule has 0 atom stereocenters. The molecule has 3 heterocycles. The van der Waals surface area contributed by atoms with E-state index >= 15 is 0 Å². The van der Waals surface area contributed by atoms with Gasteiger partial charge in [-0.1, -0.05) is 17.7 Å². The lowest BCUT2D eigenvalue weighted by Gasteiger charge is -2.04. The molecule has 0 unspecified atom stereocenters. The normalized spacial score (nSPS) is 10.7. The molecule has 0 saturated heterocycles. The van der Waals surface area contributed by atoms with E-state index in [2.05, 4.69) is 20.5 Å². The van der Waals surface area contributed by atoms with Crippen molar-refractivity contribution in [2.45, 2.75) is 6.42 Å². The third kappa shape index (κ3) is 3.00. The average Bonchev–Trinajstić information content (AvgIpc) is 2.91. The monoisotopic (exact) mass is 301 g/mol. The van der Waals surface area contributed by atoms with Gasteiger partial charge < -0.3 is 5.32 Å². The van der Waals surface area contributed by atoms with Crippen LogP contribution in [0.2, 0.25) is 5.15 Å². The molecule has 7 heteroatoms. The van der Waals surface area contributed by atoms with Gasteiger partial charge in [0.2, 0.25) is 0 Å². The third-order valence-electron chi connectivity index (χ3n) is 3.01. The largest absolute Gasteiger partial charge is 0.352 e. The fourth-order valence-corrected chi connectivity index (χ4v) is 2.17. The van der Waals surface area contributed by atoms with Gasteiger partial charge in [0.05, 0.1) is 0 Å². The van der Waals surface area contributed by atoms with Crippen LogP contribution < -0.4 is 5.32 Å². The van der Waals surface area contributed by atoms with E-state index in [9.17, 15) is 4.79 Å². The van der Waals surface area contributed by atoms with Gasteiger partial charge in [0.1, 0.15) is 11.0 Å². The van der Waals surface area contributed by atoms with Crippen molar-refractivity contribution in [3.05, 3.63) is 59.3 Å². The lowest BCUT2D eigenvalue weighted by Crippen LogP contribution is -2.26. The Labute approximate surface area is 125 Å². The van der Waals surface area contributed by atoms with Crippen LogP contribution in [0, 0.1) is 0 Å². The number of halogens is 1. The Balaban J connectivity index is 1.62. The van der Waals surface area contributed by atoms with E-state index in [1.807, 2.05) is 28.8 Å². The van der Waals surface area contributed by atoms with E-state index in [1.165, 1.54) is 12.3 Å². The van der Waals surface area contributed by atoms with Crippen LogP contribution in [0.3, 0.4) is 0 Å². The minimum Gasteiger partial charge on any atom is -0.352 e. The predicted molar refractivity (Wildman–Crippen MR) is 78.3 cm³/mol. The number of nitrogens with zero attached hydrogens (tertiary/aromatic N) is 4. The molecular formula is C14H12ClN5O. The number of fused-ring (bicyclic) bond motifs is 1. The first-order valence-corrected chi connectivity index (χ1v) is 6.80. The maximum Gasteiger partial charge on any atom is 0.251 e. The standard InChI is InChI=1S/C14H12ClN5O/c15-11-9-10(4-6-16-11)14(21)17-7-5-13-19-18-12-3-1-2-8-20(12)13/h1-4,6,8-9H,5,7H2,(H,17,21). The van der Waals surface area contributed by atoms with Gasteiger partial charge in [0.25, 0.3) is 5.91 Å². The molecule has 0 aliphatic carbocycles. The summed E-state index contributed by atoms with van der Waals surface area (Å²) in [4.78, 5) is 15.8. The van der Waals surface area contributed by atoms with Crippen molar-refractivity contribution in [1.82, 2.24) is 24.9 Å². The Morgan fingerprint density at radius 3 is 3.05 bits per heavy atom. The summed E-state index contributed by atoms with van der Waals surface area (Å²) in [7, 11) is 0. The van der Waals surface area contributed by atoms with E-state index in [1.54, 1.807) is 6.07 Å². The lowest BCUT2D eigenvalue weighted by molar-refractivity contribution is 0.0954. The minimum absolute atomic E-state index is 0.187. The van der Waals surface area contributed by atoms with Gasteiger partial charge in [-0.2, -0.15) is 0 Å². The molecule has 21 heavy (non-hydrogen) atoms. The SMILES string of the molecule is O=C(NCCc1nnc2ccccn12)c1ccnc(Cl)c1. The molecule has 0 fully saturated rings. The van der Waals surface area contributed by atoms with Crippen molar-refractivity contribution in [3.8, 4) is 0 Å². The Kier molecular flexibility index (Phi) is 3.79. The number of hydrogen-bond acceptors (Lipinski definition) is 4. The maximum atomic E-state index is 11.9. The first-order chi connectivity index (χ1) is 10.2. The molecule has 106 valence electrons. The van der Waals surface area contributed by atoms with E-state index in [0.29, 0.717) is 23.7 Å². The van der Waals surface area contributed by atoms with Crippen LogP contribution in [0.25, 0.3) is 5.65 Å². The summed E-state index contributed by atoms with van der Waals surface area (Å²) in [6.07, 6.45) is 3.99. The number of pyridine rings is 2. The van der Waals surface area contributed by atoms with Crippen molar-refractivity contribution in [3.63, 3.8) is 0 Å². The van der Waals surface area contributed by atoms with Crippen molar-refractivity contribution in [1.29, 1.82) is 0 Å². The first kappa shape index (κ1) is 13.5. The molecular weight excluding hydrogens is 290 g/mol. The molecule has 3 aromatic rings. The Morgan fingerprint density at radius 1 is 1.29 bits per heavy atom. The Hall–Kier alpha value is -2.47. The van der Waals surface area contributed by atoms with Crippen LogP contribution in [0.1, 0.15) is 16.2 Å². The summed E-state index contributed by atoms with van der Waals surface area (Å²) in [5.74, 6) is 0.617. The van der Waals surface area contributed by atoms with E-state index in [4.69, 9.17) is 11.6 Å². The van der Waals surface area contributed by atoms with Crippen LogP contribution in [-0.2, 0) is 6.42 Å². The molecule has 1 N–H and O–H groups in total. The zero-order chi connectivity index (χ0) is 14.7. The molecule has 0 saturated carbocycles. The molecule has 0 spiro atoms. The van der Waals surface area contributed by atoms with Crippen LogP contribution >= 0.6 is 11.6 Å². The number of nitrogens with one attached hydrogen (secondary N) is 1. The second kappa shape index (κ2) is 5.88. The van der Waals surface area contributed by atoms with Crippen molar-refractivity contribution in [2.75, 3.05) is 6.54 Å². The van der Waals surface area contributed by atoms with Gasteiger partial charge in [0.15, 0.2) is 5.65 Å². The number of carbonyl (C=O) groups excluding carboxylic acids is 1. The highest BCUT2D eigenvalue weighted by molar-refractivity contribution is 6.29. The van der Waals surface area contributed by atoms with Crippen LogP contribution in [0.4, 0.5) is 0 Å². The van der Waals surface area contributed by atoms with Crippen molar-refractivity contribution in [2.24, 2.45) is 0 Å². The minimum atomic E-state index is -0.187. The second-order valence-electron chi connectivity index (χ2n) is 4.42. The van der Waals surface area contributed by atoms with Gasteiger partial charge >= 0.3 is 0 Å². The van der Waals surface area contributed by atoms with Crippen LogP contribution in [-0.4, -0.2) is 32.0 Å². The molecule has 0 aliphatic rings. The third-order valence-corrected chi connectivity index (χ3v) is 3.21. The molecule has 1 amide bonds. The average molecular weight is 302 g/mol.